The van der Waals surface area contributed by atoms with E-state index in [1.165, 1.54) is 6.20 Å². The number of hydrogen-bond acceptors (Lipinski definition) is 4. The molecule has 0 saturated heterocycles. The fraction of sp³-hybridized carbons (Fsp3) is 0.750. The van der Waals surface area contributed by atoms with E-state index in [-0.39, 0.29) is 16.5 Å². The summed E-state index contributed by atoms with van der Waals surface area (Å²) in [6.45, 7) is 8.54. The smallest absolute Gasteiger partial charge is 0.257 e. The van der Waals surface area contributed by atoms with Crippen molar-refractivity contribution in [3.63, 3.8) is 0 Å². The summed E-state index contributed by atoms with van der Waals surface area (Å²) in [5.41, 5.74) is -0.264. The summed E-state index contributed by atoms with van der Waals surface area (Å²) in [7, 11) is -2.10. The third-order valence-electron chi connectivity index (χ3n) is 3.10. The second-order valence-electron chi connectivity index (χ2n) is 5.54. The van der Waals surface area contributed by atoms with Crippen LogP contribution < -0.4 is 5.14 Å². The minimum Gasteiger partial charge on any atom is -0.379 e. The Morgan fingerprint density at radius 3 is 2.47 bits per heavy atom. The fourth-order valence-corrected chi connectivity index (χ4v) is 2.17. The lowest BCUT2D eigenvalue weighted by molar-refractivity contribution is 0.0118. The van der Waals surface area contributed by atoms with Crippen molar-refractivity contribution in [2.24, 2.45) is 5.14 Å². The molecule has 0 unspecified atom stereocenters. The summed E-state index contributed by atoms with van der Waals surface area (Å²) in [4.78, 5) is 4.12. The summed E-state index contributed by atoms with van der Waals surface area (Å²) in [6, 6.07) is 0. The Morgan fingerprint density at radius 2 is 2.05 bits per heavy atom. The number of ether oxygens (including phenoxy) is 1. The molecule has 19 heavy (non-hydrogen) atoms. The Kier molecular flexibility index (Phi) is 4.76. The van der Waals surface area contributed by atoms with Crippen LogP contribution in [-0.2, 0) is 21.3 Å². The van der Waals surface area contributed by atoms with Gasteiger partial charge >= 0.3 is 0 Å². The van der Waals surface area contributed by atoms with Gasteiger partial charge in [-0.25, -0.2) is 18.5 Å². The molecule has 0 spiro atoms. The standard InChI is InChI=1S/C12H23N3O3S/c1-9(2)11-14-10(19(13,16)17)8-15(11)7-6-12(3,4)18-5/h8-9H,6-7H2,1-5H3,(H2,13,16,17). The highest BCUT2D eigenvalue weighted by molar-refractivity contribution is 7.89. The lowest BCUT2D eigenvalue weighted by Crippen LogP contribution is -2.24. The summed E-state index contributed by atoms with van der Waals surface area (Å²) in [6.07, 6.45) is 2.25. The van der Waals surface area contributed by atoms with Crippen molar-refractivity contribution >= 4 is 10.0 Å². The molecule has 0 bridgehead atoms. The van der Waals surface area contributed by atoms with Crippen molar-refractivity contribution < 1.29 is 13.2 Å². The van der Waals surface area contributed by atoms with Crippen molar-refractivity contribution in [2.75, 3.05) is 7.11 Å². The lowest BCUT2D eigenvalue weighted by atomic mass is 10.1. The summed E-state index contributed by atoms with van der Waals surface area (Å²) in [5.74, 6) is 0.845. The zero-order valence-corrected chi connectivity index (χ0v) is 13.0. The topological polar surface area (TPSA) is 87.2 Å². The van der Waals surface area contributed by atoms with Gasteiger partial charge in [-0.05, 0) is 20.3 Å². The number of methoxy groups -OCH3 is 1. The number of rotatable bonds is 6. The van der Waals surface area contributed by atoms with Gasteiger partial charge in [0.25, 0.3) is 10.0 Å². The molecule has 0 amide bonds. The third kappa shape index (κ3) is 4.29. The predicted octanol–water partition coefficient (Wildman–Crippen LogP) is 1.47. The maximum atomic E-state index is 11.4. The molecule has 1 rings (SSSR count). The van der Waals surface area contributed by atoms with Crippen molar-refractivity contribution in [1.82, 2.24) is 9.55 Å². The Bertz CT molecular complexity index is 532. The highest BCUT2D eigenvalue weighted by Gasteiger charge is 2.21. The molecular weight excluding hydrogens is 266 g/mol. The van der Waals surface area contributed by atoms with Crippen LogP contribution in [0.3, 0.4) is 0 Å². The highest BCUT2D eigenvalue weighted by Crippen LogP contribution is 2.20. The number of aromatic nitrogens is 2. The van der Waals surface area contributed by atoms with E-state index in [1.807, 2.05) is 32.3 Å². The van der Waals surface area contributed by atoms with Crippen LogP contribution in [0.2, 0.25) is 0 Å². The molecule has 110 valence electrons. The summed E-state index contributed by atoms with van der Waals surface area (Å²) >= 11 is 0. The molecule has 0 aliphatic heterocycles. The molecule has 1 aromatic heterocycles. The quantitative estimate of drug-likeness (QED) is 0.859. The minimum absolute atomic E-state index is 0.0774. The Morgan fingerprint density at radius 1 is 1.47 bits per heavy atom. The molecule has 1 heterocycles. The van der Waals surface area contributed by atoms with Crippen LogP contribution in [-0.4, -0.2) is 30.7 Å². The first-order valence-electron chi connectivity index (χ1n) is 6.22. The minimum atomic E-state index is -3.76. The van der Waals surface area contributed by atoms with Gasteiger partial charge in [0.15, 0.2) is 5.03 Å². The number of primary sulfonamides is 1. The molecule has 0 aliphatic carbocycles. The molecular formula is C12H23N3O3S. The van der Waals surface area contributed by atoms with Crippen LogP contribution in [0.15, 0.2) is 11.2 Å². The van der Waals surface area contributed by atoms with E-state index >= 15 is 0 Å². The third-order valence-corrected chi connectivity index (χ3v) is 3.88. The van der Waals surface area contributed by atoms with Crippen LogP contribution in [0.4, 0.5) is 0 Å². The average Bonchev–Trinajstić information content (AvgIpc) is 2.70. The zero-order valence-electron chi connectivity index (χ0n) is 12.2. The van der Waals surface area contributed by atoms with Gasteiger partial charge in [0, 0.05) is 25.8 Å². The van der Waals surface area contributed by atoms with E-state index in [4.69, 9.17) is 9.88 Å². The van der Waals surface area contributed by atoms with E-state index < -0.39 is 10.0 Å². The van der Waals surface area contributed by atoms with Gasteiger partial charge in [-0.1, -0.05) is 13.8 Å². The summed E-state index contributed by atoms with van der Waals surface area (Å²) in [5, 5.41) is 5.04. The van der Waals surface area contributed by atoms with Gasteiger partial charge in [-0.15, -0.1) is 0 Å². The first-order valence-corrected chi connectivity index (χ1v) is 7.76. The van der Waals surface area contributed by atoms with Gasteiger partial charge in [0.1, 0.15) is 5.82 Å². The van der Waals surface area contributed by atoms with Crippen molar-refractivity contribution in [2.45, 2.75) is 57.2 Å². The Labute approximate surface area is 115 Å². The Balaban J connectivity index is 3.03. The molecule has 0 fully saturated rings. The molecule has 6 nitrogen and oxygen atoms in total. The second-order valence-corrected chi connectivity index (χ2v) is 7.05. The van der Waals surface area contributed by atoms with E-state index in [1.54, 1.807) is 7.11 Å². The molecule has 2 N–H and O–H groups in total. The average molecular weight is 289 g/mol. The number of aryl methyl sites for hydroxylation is 1. The molecule has 0 saturated carbocycles. The maximum absolute atomic E-state index is 11.4. The van der Waals surface area contributed by atoms with Gasteiger partial charge in [-0.2, -0.15) is 0 Å². The van der Waals surface area contributed by atoms with Crippen LogP contribution in [0.5, 0.6) is 0 Å². The highest BCUT2D eigenvalue weighted by atomic mass is 32.2. The predicted molar refractivity (Wildman–Crippen MR) is 73.4 cm³/mol. The van der Waals surface area contributed by atoms with Crippen LogP contribution in [0.1, 0.15) is 45.9 Å². The van der Waals surface area contributed by atoms with Crippen LogP contribution in [0.25, 0.3) is 0 Å². The molecule has 0 radical (unpaired) electrons. The number of hydrogen-bond donors (Lipinski definition) is 1. The number of nitrogens with zero attached hydrogens (tertiary/aromatic N) is 2. The molecule has 0 aliphatic rings. The molecule has 0 atom stereocenters. The monoisotopic (exact) mass is 289 g/mol. The molecule has 1 aromatic rings. The van der Waals surface area contributed by atoms with Crippen LogP contribution >= 0.6 is 0 Å². The molecule has 7 heteroatoms. The fourth-order valence-electron chi connectivity index (χ4n) is 1.67. The van der Waals surface area contributed by atoms with Gasteiger partial charge in [0.05, 0.1) is 5.60 Å². The van der Waals surface area contributed by atoms with Gasteiger partial charge in [0.2, 0.25) is 0 Å². The number of imidazole rings is 1. The second kappa shape index (κ2) is 5.60. The maximum Gasteiger partial charge on any atom is 0.257 e. The van der Waals surface area contributed by atoms with E-state index in [2.05, 4.69) is 4.98 Å². The Hall–Kier alpha value is -0.920. The van der Waals surface area contributed by atoms with Gasteiger partial charge < -0.3 is 9.30 Å². The zero-order chi connectivity index (χ0) is 14.8. The SMILES string of the molecule is COC(C)(C)CCn1cc(S(N)(=O)=O)nc1C(C)C. The number of nitrogens with two attached hydrogens (primary N) is 1. The lowest BCUT2D eigenvalue weighted by Gasteiger charge is -2.23. The largest absolute Gasteiger partial charge is 0.379 e. The van der Waals surface area contributed by atoms with Crippen molar-refractivity contribution in [3.8, 4) is 0 Å². The molecule has 0 aromatic carbocycles. The van der Waals surface area contributed by atoms with E-state index in [0.717, 1.165) is 12.2 Å². The first kappa shape index (κ1) is 16.1. The van der Waals surface area contributed by atoms with E-state index in [0.29, 0.717) is 6.54 Å². The normalized spacial score (nSPS) is 13.2. The van der Waals surface area contributed by atoms with E-state index in [9.17, 15) is 8.42 Å². The number of sulfonamides is 1. The van der Waals surface area contributed by atoms with Crippen molar-refractivity contribution in [3.05, 3.63) is 12.0 Å². The van der Waals surface area contributed by atoms with Crippen LogP contribution in [0, 0.1) is 0 Å². The first-order chi connectivity index (χ1) is 8.57. The summed E-state index contributed by atoms with van der Waals surface area (Å²) < 4.78 is 29.9. The van der Waals surface area contributed by atoms with Gasteiger partial charge in [-0.3, -0.25) is 0 Å². The van der Waals surface area contributed by atoms with Crippen molar-refractivity contribution in [1.29, 1.82) is 0 Å².